The second-order valence-electron chi connectivity index (χ2n) is 15.2. The van der Waals surface area contributed by atoms with Crippen molar-refractivity contribution in [1.29, 1.82) is 0 Å². The summed E-state index contributed by atoms with van der Waals surface area (Å²) in [5.74, 6) is 0. The molecule has 53 heavy (non-hydrogen) atoms. The Morgan fingerprint density at radius 3 is 2.28 bits per heavy atom. The summed E-state index contributed by atoms with van der Waals surface area (Å²) in [6, 6.07) is 43.4. The number of rotatable bonds is 8. The van der Waals surface area contributed by atoms with Crippen LogP contribution in [0.25, 0.3) is 33.0 Å². The number of fused-ring (bicyclic) bond motifs is 3. The Labute approximate surface area is 314 Å². The zero-order valence-electron chi connectivity index (χ0n) is 31.0. The minimum absolute atomic E-state index is 0.0500. The standard InChI is InChI=1S/C51H48N2/c1-51-32-14-13-21-46(51)49(39-18-7-4-8-19-39)45-34-41(28-31-44(45)50(51)42-25-24-37-17-9-10-20-40(37)33-42)38-26-29-43(30-27-38)53(35-36-15-5-3-6-16-36)48-23-12-11-22-47(48)52-2/h3-7,9-11,15-18,20-22,24-31,33-34,52H,8,12-14,19,23,32,35H2,1-2H3. The Balaban J connectivity index is 1.22. The van der Waals surface area contributed by atoms with E-state index in [1.807, 2.05) is 7.05 Å². The molecule has 0 heterocycles. The normalized spacial score (nSPS) is 19.4. The van der Waals surface area contributed by atoms with E-state index in [0.717, 1.165) is 45.1 Å². The molecular formula is C51H48N2. The smallest absolute Gasteiger partial charge is 0.0533 e. The van der Waals surface area contributed by atoms with E-state index >= 15 is 0 Å². The van der Waals surface area contributed by atoms with Gasteiger partial charge in [-0.3, -0.25) is 0 Å². The van der Waals surface area contributed by atoms with E-state index in [1.54, 1.807) is 0 Å². The van der Waals surface area contributed by atoms with Crippen LogP contribution in [0.5, 0.6) is 0 Å². The van der Waals surface area contributed by atoms with Crippen LogP contribution in [0.4, 0.5) is 5.69 Å². The summed E-state index contributed by atoms with van der Waals surface area (Å²) in [5, 5.41) is 8.83. The molecule has 0 bridgehead atoms. The summed E-state index contributed by atoms with van der Waals surface area (Å²) in [7, 11) is 2.03. The highest BCUT2D eigenvalue weighted by Gasteiger charge is 2.41. The van der Waals surface area contributed by atoms with Gasteiger partial charge in [0, 0.05) is 30.4 Å². The van der Waals surface area contributed by atoms with Gasteiger partial charge in [0.15, 0.2) is 0 Å². The molecule has 5 aromatic rings. The molecule has 262 valence electrons. The van der Waals surface area contributed by atoms with Gasteiger partial charge < -0.3 is 10.2 Å². The zero-order chi connectivity index (χ0) is 35.8. The highest BCUT2D eigenvalue weighted by atomic mass is 15.2. The van der Waals surface area contributed by atoms with Gasteiger partial charge in [0.2, 0.25) is 0 Å². The zero-order valence-corrected chi connectivity index (χ0v) is 31.0. The number of anilines is 1. The number of allylic oxidation sites excluding steroid dienone is 9. The van der Waals surface area contributed by atoms with Crippen molar-refractivity contribution in [3.05, 3.63) is 196 Å². The average molecular weight is 689 g/mol. The van der Waals surface area contributed by atoms with Crippen molar-refractivity contribution in [1.82, 2.24) is 5.32 Å². The first-order valence-electron chi connectivity index (χ1n) is 19.6. The molecule has 0 saturated heterocycles. The van der Waals surface area contributed by atoms with E-state index in [-0.39, 0.29) is 5.41 Å². The predicted molar refractivity (Wildman–Crippen MR) is 225 cm³/mol. The third-order valence-electron chi connectivity index (χ3n) is 12.0. The molecule has 9 rings (SSSR count). The number of nitrogens with one attached hydrogen (secondary N) is 1. The predicted octanol–water partition coefficient (Wildman–Crippen LogP) is 11.1. The lowest BCUT2D eigenvalue weighted by atomic mass is 9.60. The van der Waals surface area contributed by atoms with E-state index in [0.29, 0.717) is 0 Å². The first kappa shape index (κ1) is 33.3. The monoisotopic (exact) mass is 688 g/mol. The summed E-state index contributed by atoms with van der Waals surface area (Å²) in [6.45, 7) is 3.35. The average Bonchev–Trinajstić information content (AvgIpc) is 3.22. The van der Waals surface area contributed by atoms with Gasteiger partial charge in [-0.15, -0.1) is 0 Å². The summed E-state index contributed by atoms with van der Waals surface area (Å²) in [5.41, 5.74) is 14.8. The second kappa shape index (κ2) is 14.1. The lowest BCUT2D eigenvalue weighted by Gasteiger charge is -2.43. The molecule has 0 saturated carbocycles. The van der Waals surface area contributed by atoms with Crippen molar-refractivity contribution in [3.8, 4) is 11.1 Å². The number of nitrogens with zero attached hydrogens (tertiary/aromatic N) is 1. The molecule has 1 unspecified atom stereocenters. The summed E-state index contributed by atoms with van der Waals surface area (Å²) in [6.07, 6.45) is 21.8. The number of hydrogen-bond acceptors (Lipinski definition) is 2. The van der Waals surface area contributed by atoms with E-state index in [1.165, 1.54) is 89.3 Å². The molecule has 4 aliphatic rings. The van der Waals surface area contributed by atoms with Crippen LogP contribution in [0.2, 0.25) is 0 Å². The number of benzene rings is 5. The second-order valence-corrected chi connectivity index (χ2v) is 15.2. The van der Waals surface area contributed by atoms with Crippen LogP contribution in [0.1, 0.15) is 63.0 Å². The van der Waals surface area contributed by atoms with Crippen molar-refractivity contribution in [2.45, 2.75) is 58.4 Å². The summed E-state index contributed by atoms with van der Waals surface area (Å²) >= 11 is 0. The van der Waals surface area contributed by atoms with Gasteiger partial charge in [-0.1, -0.05) is 128 Å². The molecule has 2 heteroatoms. The van der Waals surface area contributed by atoms with Crippen LogP contribution in [0.15, 0.2) is 174 Å². The first-order valence-corrected chi connectivity index (χ1v) is 19.6. The SMILES string of the molecule is CNC1=C(N(Cc2ccccc2)c2ccc(-c3ccc4c(c3)=C(C3=CC=CCC3)C3=CCCCC3(C)C=4c3ccc4ccccc4c3)cc2)CCC=C1. The maximum absolute atomic E-state index is 3.47. The van der Waals surface area contributed by atoms with Crippen LogP contribution in [-0.4, -0.2) is 7.05 Å². The minimum atomic E-state index is -0.0500. The van der Waals surface area contributed by atoms with E-state index in [9.17, 15) is 0 Å². The molecule has 2 nitrogen and oxygen atoms in total. The van der Waals surface area contributed by atoms with E-state index < -0.39 is 0 Å². The fraction of sp³-hybridized carbons (Fsp3) is 0.216. The largest absolute Gasteiger partial charge is 0.387 e. The van der Waals surface area contributed by atoms with Crippen molar-refractivity contribution in [2.75, 3.05) is 11.9 Å². The molecule has 0 radical (unpaired) electrons. The third-order valence-corrected chi connectivity index (χ3v) is 12.0. The fourth-order valence-electron chi connectivity index (χ4n) is 9.37. The van der Waals surface area contributed by atoms with Gasteiger partial charge >= 0.3 is 0 Å². The summed E-state index contributed by atoms with van der Waals surface area (Å²) < 4.78 is 0. The Kier molecular flexibility index (Phi) is 8.84. The summed E-state index contributed by atoms with van der Waals surface area (Å²) in [4.78, 5) is 2.50. The van der Waals surface area contributed by atoms with Crippen molar-refractivity contribution >= 4 is 27.6 Å². The van der Waals surface area contributed by atoms with Crippen LogP contribution < -0.4 is 20.7 Å². The Hall–Kier alpha value is -5.60. The molecular weight excluding hydrogens is 641 g/mol. The highest BCUT2D eigenvalue weighted by Crippen LogP contribution is 2.52. The molecule has 0 amide bonds. The van der Waals surface area contributed by atoms with Gasteiger partial charge in [-0.05, 0) is 141 Å². The topological polar surface area (TPSA) is 15.3 Å². The Morgan fingerprint density at radius 1 is 0.698 bits per heavy atom. The minimum Gasteiger partial charge on any atom is -0.387 e. The lowest BCUT2D eigenvalue weighted by molar-refractivity contribution is 0.453. The number of hydrogen-bond donors (Lipinski definition) is 1. The molecule has 1 N–H and O–H groups in total. The first-order chi connectivity index (χ1) is 26.1. The molecule has 0 aliphatic heterocycles. The van der Waals surface area contributed by atoms with Gasteiger partial charge in [0.25, 0.3) is 0 Å². The molecule has 5 aromatic carbocycles. The van der Waals surface area contributed by atoms with Crippen LogP contribution in [-0.2, 0) is 6.54 Å². The Bertz CT molecular complexity index is 2490. The van der Waals surface area contributed by atoms with Gasteiger partial charge in [0.05, 0.1) is 5.70 Å². The number of likely N-dealkylation sites (N-methyl/N-ethyl adjacent to an activating group) is 1. The van der Waals surface area contributed by atoms with Crippen molar-refractivity contribution < 1.29 is 0 Å². The van der Waals surface area contributed by atoms with Crippen LogP contribution in [0.3, 0.4) is 0 Å². The molecule has 0 spiro atoms. The quantitative estimate of drug-likeness (QED) is 0.175. The maximum atomic E-state index is 3.47. The molecule has 1 atom stereocenters. The van der Waals surface area contributed by atoms with E-state index in [2.05, 4.69) is 169 Å². The van der Waals surface area contributed by atoms with Crippen molar-refractivity contribution in [3.63, 3.8) is 0 Å². The maximum Gasteiger partial charge on any atom is 0.0533 e. The van der Waals surface area contributed by atoms with Gasteiger partial charge in [-0.2, -0.15) is 0 Å². The van der Waals surface area contributed by atoms with Crippen molar-refractivity contribution in [2.24, 2.45) is 5.41 Å². The third kappa shape index (κ3) is 6.11. The molecule has 4 aliphatic carbocycles. The fourth-order valence-corrected chi connectivity index (χ4v) is 9.37. The highest BCUT2D eigenvalue weighted by molar-refractivity contribution is 5.93. The van der Waals surface area contributed by atoms with Crippen LogP contribution in [0, 0.1) is 5.41 Å². The van der Waals surface area contributed by atoms with E-state index in [4.69, 9.17) is 0 Å². The van der Waals surface area contributed by atoms with Crippen LogP contribution >= 0.6 is 0 Å². The molecule has 0 fully saturated rings. The van der Waals surface area contributed by atoms with Gasteiger partial charge in [-0.25, -0.2) is 0 Å². The Morgan fingerprint density at radius 2 is 1.47 bits per heavy atom. The molecule has 0 aromatic heterocycles. The van der Waals surface area contributed by atoms with Gasteiger partial charge in [0.1, 0.15) is 0 Å². The lowest BCUT2D eigenvalue weighted by Crippen LogP contribution is -2.43.